The highest BCUT2D eigenvalue weighted by molar-refractivity contribution is 5.91. The van der Waals surface area contributed by atoms with Crippen LogP contribution in [0.4, 0.5) is 0 Å². The smallest absolute Gasteiger partial charge is 0.326 e. The van der Waals surface area contributed by atoms with Crippen LogP contribution in [0, 0.1) is 6.92 Å². The molecule has 2 rings (SSSR count). The zero-order valence-electron chi connectivity index (χ0n) is 11.1. The van der Waals surface area contributed by atoms with E-state index in [0.717, 1.165) is 17.3 Å². The van der Waals surface area contributed by atoms with Gasteiger partial charge in [0.1, 0.15) is 5.69 Å². The van der Waals surface area contributed by atoms with Crippen LogP contribution in [-0.4, -0.2) is 32.8 Å². The molecule has 2 aromatic heterocycles. The molecule has 0 aromatic carbocycles. The van der Waals surface area contributed by atoms with Gasteiger partial charge < -0.3 is 9.88 Å². The lowest BCUT2D eigenvalue weighted by Crippen LogP contribution is -2.32. The maximum atomic E-state index is 12.1. The van der Waals surface area contributed by atoms with Crippen LogP contribution in [-0.2, 0) is 6.54 Å². The number of carbonyl (C=O) groups excluding carboxylic acids is 1. The van der Waals surface area contributed by atoms with Gasteiger partial charge in [-0.3, -0.25) is 19.6 Å². The molecule has 0 aliphatic carbocycles. The van der Waals surface area contributed by atoms with Gasteiger partial charge in [0.15, 0.2) is 0 Å². The molecule has 0 unspecified atom stereocenters. The largest absolute Gasteiger partial charge is 0.335 e. The maximum Gasteiger partial charge on any atom is 0.326 e. The predicted molar refractivity (Wildman–Crippen MR) is 72.5 cm³/mol. The Morgan fingerprint density at radius 3 is 2.75 bits per heavy atom. The summed E-state index contributed by atoms with van der Waals surface area (Å²) in [6, 6.07) is 4.77. The number of H-pyrrole nitrogens is 2. The van der Waals surface area contributed by atoms with E-state index in [0.29, 0.717) is 6.54 Å². The predicted octanol–water partition coefficient (Wildman–Crippen LogP) is 0.0388. The minimum absolute atomic E-state index is 0.0464. The quantitative estimate of drug-likeness (QED) is 0.825. The fraction of sp³-hybridized carbons (Fsp3) is 0.231. The number of hydrogen-bond acceptors (Lipinski definition) is 4. The first-order valence-electron chi connectivity index (χ1n) is 5.97. The number of aryl methyl sites for hydroxylation is 1. The molecule has 0 fully saturated rings. The van der Waals surface area contributed by atoms with Gasteiger partial charge in [-0.05, 0) is 18.6 Å². The Kier molecular flexibility index (Phi) is 3.79. The molecule has 104 valence electrons. The highest BCUT2D eigenvalue weighted by Crippen LogP contribution is 2.07. The van der Waals surface area contributed by atoms with E-state index >= 15 is 0 Å². The average molecular weight is 274 g/mol. The van der Waals surface area contributed by atoms with E-state index in [-0.39, 0.29) is 5.69 Å². The number of rotatable bonds is 3. The van der Waals surface area contributed by atoms with Gasteiger partial charge in [-0.15, -0.1) is 0 Å². The van der Waals surface area contributed by atoms with Crippen molar-refractivity contribution in [2.45, 2.75) is 13.5 Å². The van der Waals surface area contributed by atoms with Crippen LogP contribution in [0.3, 0.4) is 0 Å². The van der Waals surface area contributed by atoms with E-state index < -0.39 is 17.2 Å². The van der Waals surface area contributed by atoms with Gasteiger partial charge in [0.25, 0.3) is 11.5 Å². The van der Waals surface area contributed by atoms with Crippen LogP contribution in [0.5, 0.6) is 0 Å². The first-order valence-corrected chi connectivity index (χ1v) is 5.97. The van der Waals surface area contributed by atoms with Crippen LogP contribution >= 0.6 is 0 Å². The first kappa shape index (κ1) is 13.7. The van der Waals surface area contributed by atoms with Crippen molar-refractivity contribution in [3.63, 3.8) is 0 Å². The van der Waals surface area contributed by atoms with E-state index in [1.807, 2.05) is 24.0 Å². The van der Waals surface area contributed by atoms with Gasteiger partial charge >= 0.3 is 5.69 Å². The number of pyridine rings is 1. The van der Waals surface area contributed by atoms with Gasteiger partial charge in [0.2, 0.25) is 0 Å². The van der Waals surface area contributed by atoms with Gasteiger partial charge in [-0.1, -0.05) is 6.07 Å². The molecular weight excluding hydrogens is 260 g/mol. The lowest BCUT2D eigenvalue weighted by Gasteiger charge is -2.17. The summed E-state index contributed by atoms with van der Waals surface area (Å²) in [4.78, 5) is 44.4. The number of carbonyl (C=O) groups is 1. The van der Waals surface area contributed by atoms with Crippen molar-refractivity contribution < 1.29 is 4.79 Å². The molecule has 0 aliphatic heterocycles. The van der Waals surface area contributed by atoms with Crippen molar-refractivity contribution in [2.75, 3.05) is 7.05 Å². The summed E-state index contributed by atoms with van der Waals surface area (Å²) in [5, 5.41) is 0. The summed E-state index contributed by atoms with van der Waals surface area (Å²) in [6.07, 6.45) is 1.65. The molecule has 2 aromatic rings. The second-order valence-electron chi connectivity index (χ2n) is 4.43. The van der Waals surface area contributed by atoms with Crippen LogP contribution in [0.1, 0.15) is 21.7 Å². The number of amides is 1. The Hall–Kier alpha value is -2.70. The zero-order chi connectivity index (χ0) is 14.7. The molecule has 1 amide bonds. The summed E-state index contributed by atoms with van der Waals surface area (Å²) in [5.41, 5.74) is 0.361. The van der Waals surface area contributed by atoms with Crippen LogP contribution < -0.4 is 11.2 Å². The van der Waals surface area contributed by atoms with Crippen molar-refractivity contribution in [3.05, 3.63) is 62.2 Å². The summed E-state index contributed by atoms with van der Waals surface area (Å²) < 4.78 is 0. The number of aromatic nitrogens is 3. The molecule has 0 saturated heterocycles. The van der Waals surface area contributed by atoms with E-state index in [1.54, 1.807) is 13.2 Å². The van der Waals surface area contributed by atoms with E-state index in [9.17, 15) is 14.4 Å². The summed E-state index contributed by atoms with van der Waals surface area (Å²) >= 11 is 0. The molecule has 0 spiro atoms. The Bertz CT molecular complexity index is 719. The fourth-order valence-electron chi connectivity index (χ4n) is 1.77. The monoisotopic (exact) mass is 274 g/mol. The first-order chi connectivity index (χ1) is 9.47. The molecular formula is C13H14N4O3. The normalized spacial score (nSPS) is 10.3. The van der Waals surface area contributed by atoms with E-state index in [4.69, 9.17) is 0 Å². The Balaban J connectivity index is 2.23. The standard InChI is InChI=1S/C13H14N4O3/c1-8-4-3-5-14-10(8)7-17(2)12(19)9-6-11(18)16-13(20)15-9/h3-6H,7H2,1-2H3,(H2,15,16,18,20). The molecule has 0 radical (unpaired) electrons. The van der Waals surface area contributed by atoms with Gasteiger partial charge in [-0.2, -0.15) is 0 Å². The van der Waals surface area contributed by atoms with E-state index in [2.05, 4.69) is 9.97 Å². The summed E-state index contributed by atoms with van der Waals surface area (Å²) in [7, 11) is 1.58. The summed E-state index contributed by atoms with van der Waals surface area (Å²) in [6.45, 7) is 2.19. The fourth-order valence-corrected chi connectivity index (χ4v) is 1.77. The molecule has 0 atom stereocenters. The molecule has 20 heavy (non-hydrogen) atoms. The average Bonchev–Trinajstić information content (AvgIpc) is 2.39. The van der Waals surface area contributed by atoms with Crippen LogP contribution in [0.25, 0.3) is 0 Å². The second kappa shape index (κ2) is 5.52. The highest BCUT2D eigenvalue weighted by Gasteiger charge is 2.15. The minimum Gasteiger partial charge on any atom is -0.335 e. The summed E-state index contributed by atoms with van der Waals surface area (Å²) in [5.74, 6) is -0.446. The van der Waals surface area contributed by atoms with Gasteiger partial charge in [0, 0.05) is 19.3 Å². The topological polar surface area (TPSA) is 98.9 Å². The molecule has 0 aliphatic rings. The molecule has 0 saturated carbocycles. The molecule has 2 N–H and O–H groups in total. The lowest BCUT2D eigenvalue weighted by molar-refractivity contribution is 0.0776. The van der Waals surface area contributed by atoms with Crippen molar-refractivity contribution >= 4 is 5.91 Å². The number of aromatic amines is 2. The third kappa shape index (κ3) is 3.00. The number of hydrogen-bond donors (Lipinski definition) is 2. The van der Waals surface area contributed by atoms with Crippen LogP contribution in [0.15, 0.2) is 34.0 Å². The van der Waals surface area contributed by atoms with Gasteiger partial charge in [-0.25, -0.2) is 4.79 Å². The van der Waals surface area contributed by atoms with Crippen molar-refractivity contribution in [1.29, 1.82) is 0 Å². The number of nitrogens with one attached hydrogen (secondary N) is 2. The Labute approximate surface area is 114 Å². The maximum absolute atomic E-state index is 12.1. The third-order valence-electron chi connectivity index (χ3n) is 2.84. The van der Waals surface area contributed by atoms with Crippen molar-refractivity contribution in [2.24, 2.45) is 0 Å². The van der Waals surface area contributed by atoms with Gasteiger partial charge in [0.05, 0.1) is 12.2 Å². The minimum atomic E-state index is -0.705. The Morgan fingerprint density at radius 1 is 1.35 bits per heavy atom. The zero-order valence-corrected chi connectivity index (χ0v) is 11.1. The third-order valence-corrected chi connectivity index (χ3v) is 2.84. The molecule has 7 nitrogen and oxygen atoms in total. The van der Waals surface area contributed by atoms with Crippen molar-refractivity contribution in [3.8, 4) is 0 Å². The molecule has 2 heterocycles. The molecule has 7 heteroatoms. The van der Waals surface area contributed by atoms with Crippen molar-refractivity contribution in [1.82, 2.24) is 19.9 Å². The lowest BCUT2D eigenvalue weighted by atomic mass is 10.2. The van der Waals surface area contributed by atoms with E-state index in [1.165, 1.54) is 4.90 Å². The number of nitrogens with zero attached hydrogens (tertiary/aromatic N) is 2. The molecule has 0 bridgehead atoms. The SMILES string of the molecule is Cc1cccnc1CN(C)C(=O)c1cc(=O)[nH]c(=O)[nH]1. The Morgan fingerprint density at radius 2 is 2.10 bits per heavy atom. The van der Waals surface area contributed by atoms with Crippen LogP contribution in [0.2, 0.25) is 0 Å². The highest BCUT2D eigenvalue weighted by atomic mass is 16.2. The second-order valence-corrected chi connectivity index (χ2v) is 4.43.